The van der Waals surface area contributed by atoms with Gasteiger partial charge in [0.15, 0.2) is 17.5 Å². The number of benzene rings is 9. The minimum Gasteiger partial charge on any atom is -0.309 e. The molecule has 0 saturated carbocycles. The van der Waals surface area contributed by atoms with Gasteiger partial charge in [-0.3, -0.25) is 0 Å². The van der Waals surface area contributed by atoms with Gasteiger partial charge in [0.05, 0.1) is 27.1 Å². The molecule has 3 aromatic heterocycles. The van der Waals surface area contributed by atoms with Gasteiger partial charge in [0.2, 0.25) is 0 Å². The highest BCUT2D eigenvalue weighted by Gasteiger charge is 2.26. The second-order valence-electron chi connectivity index (χ2n) is 15.6. The molecule has 3 heterocycles. The molecule has 0 aliphatic rings. The van der Waals surface area contributed by atoms with E-state index in [1.807, 2.05) is 47.7 Å². The fourth-order valence-electron chi connectivity index (χ4n) is 8.92. The molecule has 0 atom stereocenters. The van der Waals surface area contributed by atoms with E-state index in [0.29, 0.717) is 17.5 Å². The fraction of sp³-hybridized carbons (Fsp3) is 0. The summed E-state index contributed by atoms with van der Waals surface area (Å²) in [6.45, 7) is 0. The maximum Gasteiger partial charge on any atom is 0.164 e. The molecule has 12 aromatic rings. The summed E-state index contributed by atoms with van der Waals surface area (Å²) in [5.41, 5.74) is 11.5. The van der Waals surface area contributed by atoms with Crippen molar-refractivity contribution in [2.75, 3.05) is 4.90 Å². The number of fused-ring (bicyclic) bond motifs is 6. The molecule has 12 rings (SSSR count). The summed E-state index contributed by atoms with van der Waals surface area (Å²) in [5, 5.41) is 4.77. The number of aromatic nitrogens is 4. The molecule has 0 amide bonds. The molecule has 0 bridgehead atoms. The molecule has 0 aliphatic carbocycles. The highest BCUT2D eigenvalue weighted by Crippen LogP contribution is 2.49. The van der Waals surface area contributed by atoms with Crippen molar-refractivity contribution >= 4 is 70.4 Å². The Labute approximate surface area is 368 Å². The number of rotatable bonds is 8. The van der Waals surface area contributed by atoms with Gasteiger partial charge in [-0.25, -0.2) is 15.0 Å². The average Bonchev–Trinajstić information content (AvgIpc) is 3.92. The summed E-state index contributed by atoms with van der Waals surface area (Å²) >= 11 is 1.84. The maximum absolute atomic E-state index is 5.28. The Hall–Kier alpha value is -8.19. The molecule has 0 fully saturated rings. The van der Waals surface area contributed by atoms with Gasteiger partial charge in [-0.15, -0.1) is 11.3 Å². The van der Waals surface area contributed by atoms with Gasteiger partial charge < -0.3 is 9.47 Å². The van der Waals surface area contributed by atoms with E-state index in [9.17, 15) is 0 Å². The maximum atomic E-state index is 5.28. The summed E-state index contributed by atoms with van der Waals surface area (Å²) in [6, 6.07) is 79.3. The molecule has 0 saturated heterocycles. The zero-order valence-electron chi connectivity index (χ0n) is 34.0. The zero-order chi connectivity index (χ0) is 41.7. The quantitative estimate of drug-likeness (QED) is 0.153. The molecule has 296 valence electrons. The Balaban J connectivity index is 1.20. The van der Waals surface area contributed by atoms with Gasteiger partial charge in [-0.1, -0.05) is 170 Å². The van der Waals surface area contributed by atoms with Gasteiger partial charge in [0.25, 0.3) is 0 Å². The molecule has 0 aliphatic heterocycles. The van der Waals surface area contributed by atoms with Gasteiger partial charge >= 0.3 is 0 Å². The van der Waals surface area contributed by atoms with E-state index in [4.69, 9.17) is 15.0 Å². The SMILES string of the molecule is c1ccc(-c2ccc(N(c3cccc4c3sc3ccccc34)c3cc(-c4nc(-c5ccccc5)nc(-c5ccccc5)n4)cc4c3c3ccccc3n4-c3ccccc3)cc2)cc1. The minimum absolute atomic E-state index is 0.593. The predicted molar refractivity (Wildman–Crippen MR) is 263 cm³/mol. The summed E-state index contributed by atoms with van der Waals surface area (Å²) < 4.78 is 4.85. The monoisotopic (exact) mass is 823 g/mol. The van der Waals surface area contributed by atoms with Crippen molar-refractivity contribution in [1.82, 2.24) is 19.5 Å². The zero-order valence-corrected chi connectivity index (χ0v) is 34.8. The highest BCUT2D eigenvalue weighted by molar-refractivity contribution is 7.26. The molecule has 5 nitrogen and oxygen atoms in total. The Morgan fingerprint density at radius 2 is 0.889 bits per heavy atom. The molecule has 0 N–H and O–H groups in total. The molecule has 6 heteroatoms. The first-order chi connectivity index (χ1) is 31.2. The number of hydrogen-bond donors (Lipinski definition) is 0. The molecule has 0 unspecified atom stereocenters. The van der Waals surface area contributed by atoms with Gasteiger partial charge in [0, 0.05) is 54.3 Å². The summed E-state index contributed by atoms with van der Waals surface area (Å²) in [7, 11) is 0. The molecule has 0 radical (unpaired) electrons. The number of para-hydroxylation sites is 2. The van der Waals surface area contributed by atoms with Crippen LogP contribution in [0.3, 0.4) is 0 Å². The second-order valence-corrected chi connectivity index (χ2v) is 16.7. The summed E-state index contributed by atoms with van der Waals surface area (Å²) in [4.78, 5) is 18.1. The van der Waals surface area contributed by atoms with Crippen LogP contribution in [0.25, 0.3) is 93.0 Å². The van der Waals surface area contributed by atoms with Crippen molar-refractivity contribution in [3.05, 3.63) is 224 Å². The van der Waals surface area contributed by atoms with Crippen molar-refractivity contribution in [2.24, 2.45) is 0 Å². The summed E-state index contributed by atoms with van der Waals surface area (Å²) in [5.74, 6) is 1.83. The fourth-order valence-corrected chi connectivity index (χ4v) is 10.1. The van der Waals surface area contributed by atoms with Crippen LogP contribution in [-0.4, -0.2) is 19.5 Å². The lowest BCUT2D eigenvalue weighted by Crippen LogP contribution is -2.11. The van der Waals surface area contributed by atoms with Crippen LogP contribution in [0.4, 0.5) is 17.1 Å². The predicted octanol–water partition coefficient (Wildman–Crippen LogP) is 15.5. The van der Waals surface area contributed by atoms with Crippen LogP contribution in [0.5, 0.6) is 0 Å². The van der Waals surface area contributed by atoms with Crippen LogP contribution < -0.4 is 4.90 Å². The van der Waals surface area contributed by atoms with Crippen molar-refractivity contribution in [3.8, 4) is 51.0 Å². The topological polar surface area (TPSA) is 46.8 Å². The van der Waals surface area contributed by atoms with E-state index in [1.54, 1.807) is 0 Å². The largest absolute Gasteiger partial charge is 0.309 e. The first-order valence-electron chi connectivity index (χ1n) is 21.1. The van der Waals surface area contributed by atoms with Crippen molar-refractivity contribution in [2.45, 2.75) is 0 Å². The van der Waals surface area contributed by atoms with E-state index in [1.165, 1.54) is 25.7 Å². The molecular formula is C57H37N5S. The normalized spacial score (nSPS) is 11.5. The Kier molecular flexibility index (Phi) is 8.94. The lowest BCUT2D eigenvalue weighted by Gasteiger charge is -2.28. The molecule has 0 spiro atoms. The van der Waals surface area contributed by atoms with E-state index in [0.717, 1.165) is 66.8 Å². The third-order valence-electron chi connectivity index (χ3n) is 11.8. The van der Waals surface area contributed by atoms with Gasteiger partial charge in [-0.05, 0) is 65.7 Å². The first kappa shape index (κ1) is 36.6. The number of anilines is 3. The molecule has 63 heavy (non-hydrogen) atoms. The van der Waals surface area contributed by atoms with Crippen molar-refractivity contribution in [3.63, 3.8) is 0 Å². The lowest BCUT2D eigenvalue weighted by atomic mass is 10.0. The Morgan fingerprint density at radius 1 is 0.365 bits per heavy atom. The third-order valence-corrected chi connectivity index (χ3v) is 13.0. The standard InChI is InChI=1S/C57H37N5S/c1-5-18-38(19-6-1)39-32-34-44(35-33-39)62(49-30-17-28-46-45-26-14-16-31-52(45)63-54(46)49)51-37-42(36-50-53(51)47-27-13-15-29-48(47)61(50)43-24-11-4-12-25-43)57-59-55(40-20-7-2-8-21-40)58-56(60-57)41-22-9-3-10-23-41/h1-37H. The van der Waals surface area contributed by atoms with Gasteiger partial charge in [-0.2, -0.15) is 0 Å². The van der Waals surface area contributed by atoms with Crippen molar-refractivity contribution in [1.29, 1.82) is 0 Å². The van der Waals surface area contributed by atoms with Crippen LogP contribution in [0, 0.1) is 0 Å². The van der Waals surface area contributed by atoms with Crippen LogP contribution in [0.1, 0.15) is 0 Å². The van der Waals surface area contributed by atoms with E-state index < -0.39 is 0 Å². The van der Waals surface area contributed by atoms with E-state index >= 15 is 0 Å². The van der Waals surface area contributed by atoms with Crippen LogP contribution in [0.2, 0.25) is 0 Å². The Bertz CT molecular complexity index is 3540. The molecular weight excluding hydrogens is 787 g/mol. The van der Waals surface area contributed by atoms with E-state index in [2.05, 4.69) is 198 Å². The number of thiophene rings is 1. The molecule has 9 aromatic carbocycles. The van der Waals surface area contributed by atoms with Crippen LogP contribution >= 0.6 is 11.3 Å². The highest BCUT2D eigenvalue weighted by atomic mass is 32.1. The minimum atomic E-state index is 0.593. The summed E-state index contributed by atoms with van der Waals surface area (Å²) in [6.07, 6.45) is 0. The van der Waals surface area contributed by atoms with Crippen LogP contribution in [-0.2, 0) is 0 Å². The van der Waals surface area contributed by atoms with Crippen molar-refractivity contribution < 1.29 is 0 Å². The smallest absolute Gasteiger partial charge is 0.164 e. The van der Waals surface area contributed by atoms with Crippen LogP contribution in [0.15, 0.2) is 224 Å². The number of nitrogens with zero attached hydrogens (tertiary/aromatic N) is 5. The third kappa shape index (κ3) is 6.44. The Morgan fingerprint density at radius 3 is 1.56 bits per heavy atom. The average molecular weight is 824 g/mol. The first-order valence-corrected chi connectivity index (χ1v) is 21.9. The number of hydrogen-bond acceptors (Lipinski definition) is 5. The second kappa shape index (κ2) is 15.4. The van der Waals surface area contributed by atoms with Gasteiger partial charge in [0.1, 0.15) is 0 Å². The van der Waals surface area contributed by atoms with E-state index in [-0.39, 0.29) is 0 Å². The lowest BCUT2D eigenvalue weighted by molar-refractivity contribution is 1.07.